The summed E-state index contributed by atoms with van der Waals surface area (Å²) in [6.07, 6.45) is 20.3. The first-order valence-corrected chi connectivity index (χ1v) is 20.8. The molecule has 4 atom stereocenters. The molecule has 4 unspecified atom stereocenters. The molecule has 2 heterocycles. The lowest BCUT2D eigenvalue weighted by Gasteiger charge is -2.38. The molecule has 7 heteroatoms. The number of aromatic nitrogens is 1. The number of hydrogen-bond donors (Lipinski definition) is 1. The van der Waals surface area contributed by atoms with E-state index in [9.17, 15) is 14.7 Å². The Morgan fingerprint density at radius 2 is 1.40 bits per heavy atom. The Labute approximate surface area is 332 Å². The Bertz CT molecular complexity index is 1740. The van der Waals surface area contributed by atoms with Crippen molar-refractivity contribution in [2.45, 2.75) is 144 Å². The monoisotopic (exact) mass is 754 g/mol. The highest BCUT2D eigenvalue weighted by Gasteiger charge is 2.36. The molecule has 0 saturated heterocycles. The van der Waals surface area contributed by atoms with Crippen LogP contribution in [0.5, 0.6) is 11.5 Å². The van der Waals surface area contributed by atoms with Crippen LogP contribution in [-0.2, 0) is 16.0 Å². The van der Waals surface area contributed by atoms with Gasteiger partial charge in [-0.1, -0.05) is 96.9 Å². The fourth-order valence-corrected chi connectivity index (χ4v) is 7.89. The van der Waals surface area contributed by atoms with E-state index >= 15 is 0 Å². The summed E-state index contributed by atoms with van der Waals surface area (Å²) in [6, 6.07) is 10.8. The number of hydrogen-bond acceptors (Lipinski definition) is 5. The number of aliphatic carboxylic acids is 1. The quantitative estimate of drug-likeness (QED) is 0.0703. The molecule has 0 aliphatic carbocycles. The smallest absolute Gasteiger partial charge is 0.374 e. The van der Waals surface area contributed by atoms with Crippen LogP contribution in [0.25, 0.3) is 12.2 Å². The highest BCUT2D eigenvalue weighted by Crippen LogP contribution is 2.45. The summed E-state index contributed by atoms with van der Waals surface area (Å²) in [4.78, 5) is 27.8. The molecule has 55 heavy (non-hydrogen) atoms. The molecule has 0 saturated carbocycles. The first kappa shape index (κ1) is 43.6. The molecule has 0 amide bonds. The molecule has 0 bridgehead atoms. The summed E-state index contributed by atoms with van der Waals surface area (Å²) >= 11 is 0. The molecule has 1 aromatic heterocycles. The zero-order valence-electron chi connectivity index (χ0n) is 35.5. The van der Waals surface area contributed by atoms with Gasteiger partial charge in [-0.05, 0) is 111 Å². The minimum Gasteiger partial charge on any atom is -0.487 e. The van der Waals surface area contributed by atoms with Gasteiger partial charge in [0.25, 0.3) is 6.04 Å². The predicted molar refractivity (Wildman–Crippen MR) is 226 cm³/mol. The lowest BCUT2D eigenvalue weighted by Crippen LogP contribution is -2.45. The molecule has 1 N–H and O–H groups in total. The summed E-state index contributed by atoms with van der Waals surface area (Å²) in [5.74, 6) is 2.13. The van der Waals surface area contributed by atoms with E-state index in [0.717, 1.165) is 88.3 Å². The average molecular weight is 754 g/mol. The largest absolute Gasteiger partial charge is 0.487 e. The Kier molecular flexibility index (Phi) is 16.0. The maximum Gasteiger partial charge on any atom is 0.374 e. The first-order valence-electron chi connectivity index (χ1n) is 20.8. The van der Waals surface area contributed by atoms with Crippen molar-refractivity contribution < 1.29 is 28.7 Å². The molecule has 0 radical (unpaired) electrons. The molecule has 1 aliphatic rings. The number of benzene rings is 2. The number of carboxylic acids is 1. The number of carbonyl (C=O) groups is 2. The van der Waals surface area contributed by atoms with E-state index in [0.29, 0.717) is 5.75 Å². The van der Waals surface area contributed by atoms with Gasteiger partial charge >= 0.3 is 11.9 Å². The summed E-state index contributed by atoms with van der Waals surface area (Å²) in [5.41, 5.74) is 6.70. The van der Waals surface area contributed by atoms with Gasteiger partial charge in [-0.25, -0.2) is 4.79 Å². The van der Waals surface area contributed by atoms with Gasteiger partial charge in [0.15, 0.2) is 12.4 Å². The molecular formula is C48H69N2O5+. The van der Waals surface area contributed by atoms with E-state index in [1.165, 1.54) is 44.9 Å². The average Bonchev–Trinajstić information content (AvgIpc) is 3.14. The number of carboxylic acid groups (broad SMARTS) is 1. The van der Waals surface area contributed by atoms with Crippen molar-refractivity contribution in [2.75, 3.05) is 19.0 Å². The molecule has 0 fully saturated rings. The Hall–Kier alpha value is -4.13. The Morgan fingerprint density at radius 3 is 1.96 bits per heavy atom. The third-order valence-corrected chi connectivity index (χ3v) is 11.8. The lowest BCUT2D eigenvalue weighted by molar-refractivity contribution is -0.710. The van der Waals surface area contributed by atoms with Crippen molar-refractivity contribution in [1.82, 2.24) is 0 Å². The maximum absolute atomic E-state index is 13.4. The molecule has 1 aliphatic heterocycles. The zero-order valence-corrected chi connectivity index (χ0v) is 35.5. The molecule has 300 valence electrons. The van der Waals surface area contributed by atoms with Gasteiger partial charge in [-0.3, -0.25) is 4.79 Å². The van der Waals surface area contributed by atoms with Gasteiger partial charge < -0.3 is 19.5 Å². The van der Waals surface area contributed by atoms with Crippen molar-refractivity contribution in [3.05, 3.63) is 82.2 Å². The highest BCUT2D eigenvalue weighted by atomic mass is 16.5. The highest BCUT2D eigenvalue weighted by molar-refractivity contribution is 5.81. The van der Waals surface area contributed by atoms with E-state index in [-0.39, 0.29) is 12.0 Å². The summed E-state index contributed by atoms with van der Waals surface area (Å²) in [5, 5.41) is 10.1. The van der Waals surface area contributed by atoms with Crippen LogP contribution in [-0.4, -0.2) is 36.7 Å². The molecule has 2 aromatic carbocycles. The van der Waals surface area contributed by atoms with Gasteiger partial charge in [0, 0.05) is 37.5 Å². The summed E-state index contributed by atoms with van der Waals surface area (Å²) in [6.45, 7) is 17.7. The van der Waals surface area contributed by atoms with Crippen molar-refractivity contribution >= 4 is 29.8 Å². The van der Waals surface area contributed by atoms with Crippen LogP contribution in [0.4, 0.5) is 5.69 Å². The minimum atomic E-state index is -1.10. The Morgan fingerprint density at radius 1 is 0.836 bits per heavy atom. The third kappa shape index (κ3) is 12.7. The summed E-state index contributed by atoms with van der Waals surface area (Å²) in [7, 11) is 4.02. The number of ether oxygens (including phenoxy) is 2. The third-order valence-electron chi connectivity index (χ3n) is 11.8. The van der Waals surface area contributed by atoms with Gasteiger partial charge in [0.1, 0.15) is 23.5 Å². The van der Waals surface area contributed by atoms with E-state index in [4.69, 9.17) is 9.47 Å². The van der Waals surface area contributed by atoms with Crippen LogP contribution in [0.15, 0.2) is 48.8 Å². The number of fused-ring (bicyclic) bond motifs is 1. The number of esters is 1. The van der Waals surface area contributed by atoms with Crippen molar-refractivity contribution in [3.63, 3.8) is 0 Å². The number of pyridine rings is 1. The Balaban J connectivity index is 1.32. The first-order chi connectivity index (χ1) is 26.1. The topological polar surface area (TPSA) is 80.0 Å². The van der Waals surface area contributed by atoms with Gasteiger partial charge in [-0.2, -0.15) is 4.57 Å². The maximum atomic E-state index is 13.4. The van der Waals surface area contributed by atoms with E-state index in [1.807, 2.05) is 59.2 Å². The zero-order chi connectivity index (χ0) is 40.3. The van der Waals surface area contributed by atoms with Crippen LogP contribution in [0.2, 0.25) is 0 Å². The second-order valence-corrected chi connectivity index (χ2v) is 17.4. The van der Waals surface area contributed by atoms with Crippen LogP contribution in [0.3, 0.4) is 0 Å². The second kappa shape index (κ2) is 20.2. The lowest BCUT2D eigenvalue weighted by atomic mass is 9.83. The molecule has 3 aromatic rings. The van der Waals surface area contributed by atoms with Gasteiger partial charge in [-0.15, -0.1) is 0 Å². The van der Waals surface area contributed by atoms with Crippen molar-refractivity contribution in [1.29, 1.82) is 0 Å². The SMILES string of the molecule is Cc1c(C)c2c(c(C)c1OC(=O)CC(C(=O)O)[n+]1ccc(/C=C/c3ccc(N(C)C)cc3)cc1)CCC(C)(CCCC(C)CCCC(C)CCCC(C)C)O2. The molecule has 7 nitrogen and oxygen atoms in total. The van der Waals surface area contributed by atoms with Crippen LogP contribution in [0.1, 0.15) is 145 Å². The number of carbonyl (C=O) groups excluding carboxylic acids is 1. The van der Waals surface area contributed by atoms with Crippen LogP contribution in [0, 0.1) is 38.5 Å². The van der Waals surface area contributed by atoms with E-state index in [2.05, 4.69) is 63.8 Å². The minimum absolute atomic E-state index is 0.228. The summed E-state index contributed by atoms with van der Waals surface area (Å²) < 4.78 is 14.4. The predicted octanol–water partition coefficient (Wildman–Crippen LogP) is 11.3. The van der Waals surface area contributed by atoms with Crippen LogP contribution >= 0.6 is 0 Å². The molecular weight excluding hydrogens is 685 g/mol. The van der Waals surface area contributed by atoms with Crippen molar-refractivity contribution in [3.8, 4) is 11.5 Å². The second-order valence-electron chi connectivity index (χ2n) is 17.4. The van der Waals surface area contributed by atoms with Crippen molar-refractivity contribution in [2.24, 2.45) is 17.8 Å². The number of anilines is 1. The van der Waals surface area contributed by atoms with Gasteiger partial charge in [0.05, 0.1) is 0 Å². The standard InChI is InChI=1S/C48H68N2O5/c1-33(2)14-11-15-34(3)16-12-17-35(4)18-13-28-48(8)29-25-42-38(7)45(36(5)37(6)46(42)55-48)54-44(51)32-43(47(52)53)50-30-26-40(27-31-50)20-19-39-21-23-41(24-22-39)49(9)10/h19-24,26-27,30-31,33-35,43H,11-18,25,28-29,32H2,1-10H3/p+1. The molecule has 4 rings (SSSR count). The molecule has 0 spiro atoms. The van der Waals surface area contributed by atoms with E-state index in [1.54, 1.807) is 17.0 Å². The fraction of sp³-hybridized carbons (Fsp3) is 0.562. The number of rotatable bonds is 20. The van der Waals surface area contributed by atoms with E-state index < -0.39 is 18.0 Å². The van der Waals surface area contributed by atoms with Crippen LogP contribution < -0.4 is 18.9 Å². The number of nitrogens with zero attached hydrogens (tertiary/aromatic N) is 2. The van der Waals surface area contributed by atoms with Gasteiger partial charge in [0.2, 0.25) is 0 Å². The fourth-order valence-electron chi connectivity index (χ4n) is 7.89. The normalized spacial score (nSPS) is 17.1.